The van der Waals surface area contributed by atoms with E-state index < -0.39 is 53.4 Å². The summed E-state index contributed by atoms with van der Waals surface area (Å²) in [7, 11) is 0. The third-order valence-electron chi connectivity index (χ3n) is 6.90. The molecule has 0 spiro atoms. The molecule has 42 heavy (non-hydrogen) atoms. The van der Waals surface area contributed by atoms with E-state index in [0.29, 0.717) is 39.3 Å². The van der Waals surface area contributed by atoms with E-state index in [-0.39, 0.29) is 54.2 Å². The van der Waals surface area contributed by atoms with E-state index in [4.69, 9.17) is 13.3 Å². The van der Waals surface area contributed by atoms with Crippen LogP contribution in [0.15, 0.2) is 45.8 Å². The third-order valence-corrected chi connectivity index (χ3v) is 6.90. The summed E-state index contributed by atoms with van der Waals surface area (Å²) in [6.45, 7) is 0.587. The van der Waals surface area contributed by atoms with Gasteiger partial charge in [-0.15, -0.1) is 0 Å². The van der Waals surface area contributed by atoms with Gasteiger partial charge in [0.1, 0.15) is 37.1 Å². The second-order valence-electron chi connectivity index (χ2n) is 9.85. The Morgan fingerprint density at radius 2 is 0.738 bits per heavy atom. The molecule has 3 aromatic rings. The number of aliphatic hydroxyl groups is 3. The summed E-state index contributed by atoms with van der Waals surface area (Å²) in [6.07, 6.45) is 0. The minimum Gasteiger partial charge on any atom is -0.502 e. The van der Waals surface area contributed by atoms with Crippen LogP contribution in [0.5, 0.6) is 17.2 Å². The molecule has 228 valence electrons. The fourth-order valence-electron chi connectivity index (χ4n) is 4.59. The maximum Gasteiger partial charge on any atom is 0.227 e. The molecule has 4 rings (SSSR count). The van der Waals surface area contributed by atoms with Gasteiger partial charge in [0.05, 0.1) is 19.6 Å². The predicted molar refractivity (Wildman–Crippen MR) is 144 cm³/mol. The second kappa shape index (κ2) is 13.8. The zero-order valence-corrected chi connectivity index (χ0v) is 22.7. The molecule has 0 saturated carbocycles. The van der Waals surface area contributed by atoms with E-state index in [9.17, 15) is 45.0 Å². The van der Waals surface area contributed by atoms with Crippen LogP contribution >= 0.6 is 0 Å². The highest BCUT2D eigenvalue weighted by molar-refractivity contribution is 5.26. The van der Waals surface area contributed by atoms with Gasteiger partial charge in [0.15, 0.2) is 17.3 Å². The van der Waals surface area contributed by atoms with Gasteiger partial charge in [0.25, 0.3) is 0 Å². The number of hydrogen-bond acceptors (Lipinski definition) is 15. The maximum atomic E-state index is 12.2. The number of aromatic hydroxyl groups is 3. The monoisotopic (exact) mass is 591 g/mol. The Hall–Kier alpha value is -3.99. The summed E-state index contributed by atoms with van der Waals surface area (Å²) in [5, 5.41) is 59.3. The van der Waals surface area contributed by atoms with Crippen molar-refractivity contribution < 1.29 is 43.9 Å². The van der Waals surface area contributed by atoms with Crippen LogP contribution in [0.4, 0.5) is 0 Å². The van der Waals surface area contributed by atoms with Crippen LogP contribution in [0.2, 0.25) is 0 Å². The lowest BCUT2D eigenvalue weighted by Crippen LogP contribution is -2.35. The zero-order valence-electron chi connectivity index (χ0n) is 22.7. The molecule has 1 fully saturated rings. The number of nitrogens with zero attached hydrogens (tertiary/aromatic N) is 3. The van der Waals surface area contributed by atoms with E-state index in [1.165, 1.54) is 0 Å². The lowest BCUT2D eigenvalue weighted by molar-refractivity contribution is 0.174. The van der Waals surface area contributed by atoms with Gasteiger partial charge in [-0.1, -0.05) is 0 Å². The minimum absolute atomic E-state index is 0.00272. The van der Waals surface area contributed by atoms with Crippen molar-refractivity contribution in [2.75, 3.05) is 39.3 Å². The lowest BCUT2D eigenvalue weighted by atomic mass is 10.2. The molecule has 15 heteroatoms. The quantitative estimate of drug-likeness (QED) is 0.175. The molecule has 0 radical (unpaired) electrons. The highest BCUT2D eigenvalue weighted by Crippen LogP contribution is 2.21. The van der Waals surface area contributed by atoms with Gasteiger partial charge in [-0.25, -0.2) is 0 Å². The average molecular weight is 592 g/mol. The molecule has 1 saturated heterocycles. The molecule has 4 heterocycles. The van der Waals surface area contributed by atoms with Gasteiger partial charge in [0.2, 0.25) is 33.5 Å². The van der Waals surface area contributed by atoms with Crippen LogP contribution in [-0.2, 0) is 39.5 Å². The van der Waals surface area contributed by atoms with Crippen LogP contribution in [0.25, 0.3) is 0 Å². The summed E-state index contributed by atoms with van der Waals surface area (Å²) in [5.74, 6) is -1.90. The first-order valence-electron chi connectivity index (χ1n) is 13.2. The first kappa shape index (κ1) is 31.0. The summed E-state index contributed by atoms with van der Waals surface area (Å²) >= 11 is 0. The summed E-state index contributed by atoms with van der Waals surface area (Å²) < 4.78 is 16.5. The maximum absolute atomic E-state index is 12.2. The van der Waals surface area contributed by atoms with Crippen molar-refractivity contribution in [3.63, 3.8) is 0 Å². The van der Waals surface area contributed by atoms with Gasteiger partial charge >= 0.3 is 0 Å². The zero-order chi connectivity index (χ0) is 30.4. The van der Waals surface area contributed by atoms with Gasteiger partial charge in [-0.05, 0) is 0 Å². The summed E-state index contributed by atoms with van der Waals surface area (Å²) in [6, 6.07) is 3.01. The highest BCUT2D eigenvalue weighted by atomic mass is 16.4. The van der Waals surface area contributed by atoms with Gasteiger partial charge in [-0.2, -0.15) is 0 Å². The largest absolute Gasteiger partial charge is 0.502 e. The van der Waals surface area contributed by atoms with Crippen LogP contribution < -0.4 is 16.3 Å². The highest BCUT2D eigenvalue weighted by Gasteiger charge is 2.23. The van der Waals surface area contributed by atoms with Gasteiger partial charge in [-0.3, -0.25) is 29.1 Å². The van der Waals surface area contributed by atoms with Gasteiger partial charge in [0, 0.05) is 57.5 Å². The first-order chi connectivity index (χ1) is 20.1. The molecule has 0 aliphatic carbocycles. The van der Waals surface area contributed by atoms with Crippen LogP contribution in [-0.4, -0.2) is 84.6 Å². The molecule has 3 aromatic heterocycles. The molecule has 1 aliphatic heterocycles. The molecule has 0 unspecified atom stereocenters. The second-order valence-corrected chi connectivity index (χ2v) is 9.85. The molecule has 0 amide bonds. The molecular formula is C27H33N3O12. The Bertz CT molecular complexity index is 1370. The Morgan fingerprint density at radius 1 is 0.500 bits per heavy atom. The molecule has 6 N–H and O–H groups in total. The van der Waals surface area contributed by atoms with E-state index in [1.807, 2.05) is 14.7 Å². The molecule has 0 atom stereocenters. The van der Waals surface area contributed by atoms with Crippen LogP contribution in [0, 0.1) is 0 Å². The predicted octanol–water partition coefficient (Wildman–Crippen LogP) is -1.04. The van der Waals surface area contributed by atoms with Crippen molar-refractivity contribution >= 4 is 0 Å². The number of hydrogen-bond donors (Lipinski definition) is 6. The van der Waals surface area contributed by atoms with Crippen molar-refractivity contribution in [1.82, 2.24) is 14.7 Å². The summed E-state index contributed by atoms with van der Waals surface area (Å²) in [5.41, 5.74) is -2.09. The number of rotatable bonds is 9. The molecule has 0 aromatic carbocycles. The Kier molecular flexibility index (Phi) is 10.2. The van der Waals surface area contributed by atoms with Crippen LogP contribution in [0.1, 0.15) is 34.6 Å². The Labute approximate surface area is 238 Å². The fraction of sp³-hybridized carbons (Fsp3) is 0.444. The molecule has 1 aliphatic rings. The average Bonchev–Trinajstić information content (AvgIpc) is 3.06. The van der Waals surface area contributed by atoms with E-state index in [0.717, 1.165) is 18.2 Å². The normalized spacial score (nSPS) is 15.8. The van der Waals surface area contributed by atoms with Crippen molar-refractivity contribution in [1.29, 1.82) is 0 Å². The molecule has 0 bridgehead atoms. The topological polar surface area (TPSA) is 222 Å². The van der Waals surface area contributed by atoms with E-state index >= 15 is 0 Å². The minimum atomic E-state index is -0.698. The third kappa shape index (κ3) is 7.44. The van der Waals surface area contributed by atoms with Crippen molar-refractivity contribution in [2.45, 2.75) is 39.5 Å². The molecule has 15 nitrogen and oxygen atoms in total. The summed E-state index contributed by atoms with van der Waals surface area (Å²) in [4.78, 5) is 42.1. The van der Waals surface area contributed by atoms with E-state index in [1.54, 1.807) is 0 Å². The number of aliphatic hydroxyl groups excluding tert-OH is 3. The SMILES string of the molecule is O=c1cc(CO)oc(CN2CCN(Cc3oc(CO)cc(=O)c3O)CCN(Cc3oc(CO)cc(=O)c3O)CC2)c1O. The van der Waals surface area contributed by atoms with Crippen LogP contribution in [0.3, 0.4) is 0 Å². The Balaban J connectivity index is 1.62. The first-order valence-corrected chi connectivity index (χ1v) is 13.2. The van der Waals surface area contributed by atoms with E-state index in [2.05, 4.69) is 0 Å². The Morgan fingerprint density at radius 3 is 0.952 bits per heavy atom. The lowest BCUT2D eigenvalue weighted by Gasteiger charge is -2.25. The fourth-order valence-corrected chi connectivity index (χ4v) is 4.59. The van der Waals surface area contributed by atoms with Crippen molar-refractivity contribution in [3.05, 3.63) is 83.4 Å². The molecular weight excluding hydrogens is 558 g/mol. The van der Waals surface area contributed by atoms with Crippen molar-refractivity contribution in [3.8, 4) is 17.2 Å². The standard InChI is InChI=1S/C27H33N3O12/c31-13-16-7-19(34)25(37)22(40-16)10-28-1-2-29(11-23-26(38)20(35)8-17(14-32)41-23)5-6-30(4-3-28)12-24-27(39)21(36)9-18(15-33)42-24/h7-9,31-33,37-39H,1-6,10-15H2. The smallest absolute Gasteiger partial charge is 0.227 e. The van der Waals surface area contributed by atoms with Gasteiger partial charge < -0.3 is 43.9 Å². The van der Waals surface area contributed by atoms with Crippen molar-refractivity contribution in [2.24, 2.45) is 0 Å².